The van der Waals surface area contributed by atoms with Crippen LogP contribution in [-0.2, 0) is 0 Å². The van der Waals surface area contributed by atoms with Gasteiger partial charge in [-0.3, -0.25) is 0 Å². The zero-order valence-electron chi connectivity index (χ0n) is 25.3. The summed E-state index contributed by atoms with van der Waals surface area (Å²) < 4.78 is 0. The molecule has 0 spiro atoms. The SMILES string of the molecule is CCCCNCCCN[C@H]1CC[C@@]2(C)C(CCC3C2CC[C@@]2(C)C3CCC2[C@H](C)CCCC(C)C)C1. The molecule has 4 aliphatic carbocycles. The quantitative estimate of drug-likeness (QED) is 0.247. The van der Waals surface area contributed by atoms with E-state index in [1.54, 1.807) is 19.3 Å². The van der Waals surface area contributed by atoms with Gasteiger partial charge in [0, 0.05) is 6.04 Å². The van der Waals surface area contributed by atoms with E-state index < -0.39 is 0 Å². The van der Waals surface area contributed by atoms with Gasteiger partial charge in [0.05, 0.1) is 0 Å². The standard InChI is InChI=1S/C34H64N2/c1-7-8-21-35-22-10-23-36-28-17-19-33(5)27(24-28)13-14-29-31-16-15-30(26(4)12-9-11-25(2)3)34(31,6)20-18-32(29)33/h25-32,35-36H,7-24H2,1-6H3/t26-,27?,28+,29?,30?,31?,32?,33+,34-/m1/s1. The average molecular weight is 501 g/mol. The van der Waals surface area contributed by atoms with Crippen LogP contribution in [0.15, 0.2) is 0 Å². The molecule has 0 saturated heterocycles. The van der Waals surface area contributed by atoms with Crippen molar-refractivity contribution in [2.45, 2.75) is 144 Å². The second-order valence-electron chi connectivity index (χ2n) is 15.1. The van der Waals surface area contributed by atoms with Gasteiger partial charge >= 0.3 is 0 Å². The predicted octanol–water partition coefficient (Wildman–Crippen LogP) is 8.85. The highest BCUT2D eigenvalue weighted by Gasteiger charge is 2.60. The Balaban J connectivity index is 1.28. The lowest BCUT2D eigenvalue weighted by Gasteiger charge is -2.61. The number of rotatable bonds is 13. The molecule has 5 unspecified atom stereocenters. The van der Waals surface area contributed by atoms with Crippen molar-refractivity contribution in [1.29, 1.82) is 0 Å². The third-order valence-corrected chi connectivity index (χ3v) is 12.5. The summed E-state index contributed by atoms with van der Waals surface area (Å²) in [7, 11) is 0. The highest BCUT2D eigenvalue weighted by molar-refractivity contribution is 5.10. The van der Waals surface area contributed by atoms with Crippen molar-refractivity contribution in [3.8, 4) is 0 Å². The molecule has 4 saturated carbocycles. The third kappa shape index (κ3) is 6.21. The predicted molar refractivity (Wildman–Crippen MR) is 157 cm³/mol. The van der Waals surface area contributed by atoms with E-state index in [1.165, 1.54) is 96.7 Å². The molecular formula is C34H64N2. The molecule has 0 aromatic rings. The van der Waals surface area contributed by atoms with Gasteiger partial charge in [0.1, 0.15) is 0 Å². The minimum Gasteiger partial charge on any atom is -0.317 e. The molecular weight excluding hydrogens is 436 g/mol. The summed E-state index contributed by atoms with van der Waals surface area (Å²) in [6, 6.07) is 0.784. The van der Waals surface area contributed by atoms with Crippen LogP contribution in [0.4, 0.5) is 0 Å². The highest BCUT2D eigenvalue weighted by atomic mass is 14.9. The summed E-state index contributed by atoms with van der Waals surface area (Å²) in [5.41, 5.74) is 1.27. The Kier molecular flexibility index (Phi) is 10.3. The van der Waals surface area contributed by atoms with E-state index in [4.69, 9.17) is 0 Å². The van der Waals surface area contributed by atoms with E-state index >= 15 is 0 Å². The van der Waals surface area contributed by atoms with Gasteiger partial charge in [0.15, 0.2) is 0 Å². The largest absolute Gasteiger partial charge is 0.317 e. The number of fused-ring (bicyclic) bond motifs is 5. The van der Waals surface area contributed by atoms with Gasteiger partial charge in [-0.2, -0.15) is 0 Å². The molecule has 0 aliphatic heterocycles. The molecule has 2 heteroatoms. The molecule has 210 valence electrons. The molecule has 0 bridgehead atoms. The topological polar surface area (TPSA) is 24.1 Å². The molecule has 0 amide bonds. The third-order valence-electron chi connectivity index (χ3n) is 12.5. The molecule has 0 radical (unpaired) electrons. The maximum absolute atomic E-state index is 3.98. The smallest absolute Gasteiger partial charge is 0.00701 e. The molecule has 0 aromatic heterocycles. The van der Waals surface area contributed by atoms with Crippen molar-refractivity contribution in [2.24, 2.45) is 52.3 Å². The Labute approximate surface area is 226 Å². The van der Waals surface area contributed by atoms with Gasteiger partial charge in [-0.05, 0) is 143 Å². The van der Waals surface area contributed by atoms with Crippen LogP contribution in [0, 0.1) is 52.3 Å². The van der Waals surface area contributed by atoms with E-state index in [9.17, 15) is 0 Å². The van der Waals surface area contributed by atoms with Crippen LogP contribution in [0.2, 0.25) is 0 Å². The lowest BCUT2D eigenvalue weighted by molar-refractivity contribution is -0.118. The molecule has 4 fully saturated rings. The van der Waals surface area contributed by atoms with Gasteiger partial charge < -0.3 is 10.6 Å². The fourth-order valence-electron chi connectivity index (χ4n) is 10.4. The van der Waals surface area contributed by atoms with Crippen molar-refractivity contribution in [3.05, 3.63) is 0 Å². The van der Waals surface area contributed by atoms with Crippen molar-refractivity contribution in [2.75, 3.05) is 19.6 Å². The van der Waals surface area contributed by atoms with Gasteiger partial charge in [-0.25, -0.2) is 0 Å². The van der Waals surface area contributed by atoms with Crippen LogP contribution in [0.1, 0.15) is 138 Å². The maximum atomic E-state index is 3.98. The first-order valence-corrected chi connectivity index (χ1v) is 16.7. The zero-order valence-corrected chi connectivity index (χ0v) is 25.3. The van der Waals surface area contributed by atoms with Crippen molar-refractivity contribution in [1.82, 2.24) is 10.6 Å². The van der Waals surface area contributed by atoms with Gasteiger partial charge in [-0.15, -0.1) is 0 Å². The summed E-state index contributed by atoms with van der Waals surface area (Å²) >= 11 is 0. The van der Waals surface area contributed by atoms with Crippen LogP contribution in [0.5, 0.6) is 0 Å². The van der Waals surface area contributed by atoms with Gasteiger partial charge in [-0.1, -0.05) is 67.2 Å². The van der Waals surface area contributed by atoms with E-state index in [0.29, 0.717) is 10.8 Å². The van der Waals surface area contributed by atoms with E-state index in [1.807, 2.05) is 0 Å². The zero-order chi connectivity index (χ0) is 25.8. The number of unbranched alkanes of at least 4 members (excludes halogenated alkanes) is 1. The molecule has 0 heterocycles. The van der Waals surface area contributed by atoms with E-state index in [0.717, 1.165) is 47.5 Å². The number of hydrogen-bond acceptors (Lipinski definition) is 2. The molecule has 4 rings (SSSR count). The molecule has 4 aliphatic rings. The normalized spacial score (nSPS) is 41.1. The van der Waals surface area contributed by atoms with E-state index in [2.05, 4.69) is 52.2 Å². The summed E-state index contributed by atoms with van der Waals surface area (Å²) in [5.74, 6) is 6.87. The van der Waals surface area contributed by atoms with Crippen molar-refractivity contribution >= 4 is 0 Å². The number of hydrogen-bond donors (Lipinski definition) is 2. The fourth-order valence-corrected chi connectivity index (χ4v) is 10.4. The summed E-state index contributed by atoms with van der Waals surface area (Å²) in [5, 5.41) is 7.59. The summed E-state index contributed by atoms with van der Waals surface area (Å²) in [4.78, 5) is 0. The van der Waals surface area contributed by atoms with Crippen molar-refractivity contribution < 1.29 is 0 Å². The molecule has 2 nitrogen and oxygen atoms in total. The van der Waals surface area contributed by atoms with Crippen LogP contribution in [0.3, 0.4) is 0 Å². The summed E-state index contributed by atoms with van der Waals surface area (Å²) in [6.45, 7) is 18.8. The van der Waals surface area contributed by atoms with Crippen LogP contribution in [-0.4, -0.2) is 25.7 Å². The Morgan fingerprint density at radius 1 is 0.750 bits per heavy atom. The monoisotopic (exact) mass is 501 g/mol. The van der Waals surface area contributed by atoms with Crippen molar-refractivity contribution in [3.63, 3.8) is 0 Å². The molecule has 9 atom stereocenters. The first kappa shape index (κ1) is 28.9. The second-order valence-corrected chi connectivity index (χ2v) is 15.1. The Bertz CT molecular complexity index is 660. The van der Waals surface area contributed by atoms with Crippen LogP contribution >= 0.6 is 0 Å². The molecule has 0 aromatic carbocycles. The fraction of sp³-hybridized carbons (Fsp3) is 1.00. The van der Waals surface area contributed by atoms with E-state index in [-0.39, 0.29) is 0 Å². The highest BCUT2D eigenvalue weighted by Crippen LogP contribution is 2.68. The minimum absolute atomic E-state index is 0.630. The Hall–Kier alpha value is -0.0800. The lowest BCUT2D eigenvalue weighted by atomic mass is 9.44. The Morgan fingerprint density at radius 2 is 1.50 bits per heavy atom. The summed E-state index contributed by atoms with van der Waals surface area (Å²) in [6.07, 6.45) is 21.9. The first-order valence-electron chi connectivity index (χ1n) is 16.7. The van der Waals surface area contributed by atoms with Crippen LogP contribution < -0.4 is 10.6 Å². The minimum atomic E-state index is 0.630. The first-order chi connectivity index (χ1) is 17.3. The molecule has 36 heavy (non-hydrogen) atoms. The maximum Gasteiger partial charge on any atom is 0.00701 e. The lowest BCUT2D eigenvalue weighted by Crippen LogP contribution is -2.55. The molecule has 2 N–H and O–H groups in total. The number of nitrogens with one attached hydrogen (secondary N) is 2. The Morgan fingerprint density at radius 3 is 2.28 bits per heavy atom. The second kappa shape index (κ2) is 12.8. The average Bonchev–Trinajstić information content (AvgIpc) is 3.20. The van der Waals surface area contributed by atoms with Crippen LogP contribution in [0.25, 0.3) is 0 Å². The van der Waals surface area contributed by atoms with Gasteiger partial charge in [0.2, 0.25) is 0 Å². The van der Waals surface area contributed by atoms with Gasteiger partial charge in [0.25, 0.3) is 0 Å².